The second kappa shape index (κ2) is 21.4. The Labute approximate surface area is 407 Å². The van der Waals surface area contributed by atoms with Crippen LogP contribution in [0.25, 0.3) is 21.9 Å². The minimum absolute atomic E-state index is 0.0517. The first-order chi connectivity index (χ1) is 33.6. The maximum absolute atomic E-state index is 12.7. The highest BCUT2D eigenvalue weighted by Gasteiger charge is 2.58. The average Bonchev–Trinajstić information content (AvgIpc) is 3.72. The number of terminal acetylenes is 2. The lowest BCUT2D eigenvalue weighted by atomic mass is 9.79. The van der Waals surface area contributed by atoms with Crippen LogP contribution in [-0.2, 0) is 33.4 Å². The van der Waals surface area contributed by atoms with Gasteiger partial charge in [0.2, 0.25) is 18.7 Å². The Morgan fingerprint density at radius 1 is 0.775 bits per heavy atom. The molecule has 21 nitrogen and oxygen atoms in total. The Kier molecular flexibility index (Phi) is 16.0. The largest absolute Gasteiger partial charge is 0.509 e. The zero-order valence-corrected chi connectivity index (χ0v) is 40.7. The van der Waals surface area contributed by atoms with Gasteiger partial charge in [0.25, 0.3) is 0 Å². The molecule has 0 spiro atoms. The number of aromatic hydroxyl groups is 2. The Balaban J connectivity index is 0.000000239. The van der Waals surface area contributed by atoms with E-state index in [4.69, 9.17) is 64.5 Å². The lowest BCUT2D eigenvalue weighted by molar-refractivity contribution is -0.290. The number of benzene rings is 2. The van der Waals surface area contributed by atoms with Gasteiger partial charge in [-0.15, -0.1) is 12.8 Å². The quantitative estimate of drug-likeness (QED) is 0.0221. The third-order valence-electron chi connectivity index (χ3n) is 13.4. The van der Waals surface area contributed by atoms with Crippen LogP contribution in [0.2, 0.25) is 0 Å². The average molecular weight is 989 g/mol. The summed E-state index contributed by atoms with van der Waals surface area (Å²) in [6.45, 7) is 16.9. The first-order valence-electron chi connectivity index (χ1n) is 22.5. The molecule has 2 aromatic heterocycles. The number of aliphatic hydroxyl groups is 1. The molecular weight excluding hydrogens is 933 g/mol. The predicted octanol–water partition coefficient (Wildman–Crippen LogP) is 6.19. The number of nitrogens with zero attached hydrogens (tertiary/aromatic N) is 1. The van der Waals surface area contributed by atoms with Gasteiger partial charge in [-0.25, -0.2) is 19.2 Å². The maximum Gasteiger partial charge on any atom is 0.509 e. The number of aliphatic hydroxyl groups excluding tert-OH is 1. The fourth-order valence-corrected chi connectivity index (χ4v) is 8.54. The van der Waals surface area contributed by atoms with Crippen molar-refractivity contribution in [3.05, 3.63) is 67.4 Å². The van der Waals surface area contributed by atoms with Gasteiger partial charge < -0.3 is 62.1 Å². The van der Waals surface area contributed by atoms with E-state index in [-0.39, 0.29) is 63.8 Å². The number of carbonyl (C=O) groups is 3. The van der Waals surface area contributed by atoms with Crippen molar-refractivity contribution >= 4 is 45.7 Å². The van der Waals surface area contributed by atoms with Crippen LogP contribution in [-0.4, -0.2) is 100 Å². The lowest BCUT2D eigenvalue weighted by Crippen LogP contribution is -2.62. The van der Waals surface area contributed by atoms with Crippen LogP contribution in [0.5, 0.6) is 23.0 Å². The standard InChI is InChI=1S/C28H32N2O10.C22H24O9/c1-8-13-35-29-17(6)20-21(31)18-11-12-19(15(4)23(18)38-25(20)33)37-26-22(32)24(16(5)28(7,10-3)40-26)39-27(34)30-36-14-9-2;1-6-22(5)10(3)17-18(30-21(26)29-17)20(31-22)27-13-8-7-12-15(24)14(11(4)23)19(25)28-16(12)9(13)2/h1-2,11-12,16,22,24,26,31-32H,10,13-14H2,3-7H3,(H,30,34);7-8,10,17-18,20,24H,6H2,1-5H3/b29-17-;/t16-,22-,24-,26?,28+;10-,17-,18-,20?,22+/m11/s1. The molecule has 4 aromatic rings. The number of hydrogen-bond donors (Lipinski definition) is 4. The van der Waals surface area contributed by atoms with Crippen LogP contribution in [0, 0.1) is 50.4 Å². The van der Waals surface area contributed by atoms with Gasteiger partial charge in [0, 0.05) is 23.0 Å². The smallest absolute Gasteiger partial charge is 0.506 e. The number of nitrogens with one attached hydrogen (secondary N) is 1. The van der Waals surface area contributed by atoms with Crippen LogP contribution < -0.4 is 26.2 Å². The number of oxime groups is 1. The molecule has 21 heteroatoms. The summed E-state index contributed by atoms with van der Waals surface area (Å²) in [5.74, 6) is 3.00. The second-order valence-electron chi connectivity index (χ2n) is 17.6. The van der Waals surface area contributed by atoms with Gasteiger partial charge in [0.05, 0.1) is 27.7 Å². The summed E-state index contributed by atoms with van der Waals surface area (Å²) in [7, 11) is 0. The first kappa shape index (κ1) is 53.1. The highest BCUT2D eigenvalue weighted by Crippen LogP contribution is 2.44. The molecule has 10 atom stereocenters. The number of hydroxylamine groups is 1. The molecule has 7 rings (SSSR count). The van der Waals surface area contributed by atoms with Crippen molar-refractivity contribution in [2.45, 2.75) is 130 Å². The monoisotopic (exact) mass is 988 g/mol. The summed E-state index contributed by atoms with van der Waals surface area (Å²) in [6.07, 6.45) is 3.70. The van der Waals surface area contributed by atoms with Gasteiger partial charge in [0.15, 0.2) is 24.6 Å². The Bertz CT molecular complexity index is 2950. The Morgan fingerprint density at radius 2 is 1.28 bits per heavy atom. The zero-order chi connectivity index (χ0) is 52.3. The molecule has 3 fully saturated rings. The van der Waals surface area contributed by atoms with E-state index in [9.17, 15) is 39.3 Å². The summed E-state index contributed by atoms with van der Waals surface area (Å²) in [5.41, 5.74) is -0.798. The number of ether oxygens (including phenoxy) is 7. The number of ketones is 1. The van der Waals surface area contributed by atoms with E-state index < -0.39 is 94.7 Å². The maximum atomic E-state index is 12.7. The summed E-state index contributed by atoms with van der Waals surface area (Å²) >= 11 is 0. The second-order valence-corrected chi connectivity index (χ2v) is 17.6. The molecule has 1 amide bonds. The fraction of sp³-hybridized carbons (Fsp3) is 0.480. The number of amides is 1. The van der Waals surface area contributed by atoms with Gasteiger partial charge in [-0.2, -0.15) is 5.48 Å². The van der Waals surface area contributed by atoms with Crippen molar-refractivity contribution in [1.82, 2.24) is 5.48 Å². The van der Waals surface area contributed by atoms with E-state index in [0.29, 0.717) is 29.7 Å². The predicted molar refractivity (Wildman–Crippen MR) is 251 cm³/mol. The van der Waals surface area contributed by atoms with E-state index in [1.165, 1.54) is 32.0 Å². The van der Waals surface area contributed by atoms with Crippen molar-refractivity contribution in [3.63, 3.8) is 0 Å². The number of hydrogen-bond acceptors (Lipinski definition) is 20. The van der Waals surface area contributed by atoms with E-state index in [1.807, 2.05) is 34.6 Å². The molecule has 0 radical (unpaired) electrons. The van der Waals surface area contributed by atoms with Crippen molar-refractivity contribution in [3.8, 4) is 47.7 Å². The first-order valence-corrected chi connectivity index (χ1v) is 22.5. The molecule has 4 N–H and O–H groups in total. The van der Waals surface area contributed by atoms with E-state index in [1.54, 1.807) is 26.8 Å². The molecule has 3 saturated heterocycles. The molecule has 0 aliphatic carbocycles. The zero-order valence-electron chi connectivity index (χ0n) is 40.7. The fourth-order valence-electron chi connectivity index (χ4n) is 8.54. The van der Waals surface area contributed by atoms with E-state index in [2.05, 4.69) is 22.5 Å². The normalized spacial score (nSPS) is 26.9. The number of aryl methyl sites for hydroxylation is 2. The molecule has 0 saturated carbocycles. The molecule has 3 aliphatic rings. The highest BCUT2D eigenvalue weighted by atomic mass is 16.8. The lowest BCUT2D eigenvalue weighted by Gasteiger charge is -2.48. The van der Waals surface area contributed by atoms with Gasteiger partial charge in [-0.1, -0.05) is 44.7 Å². The van der Waals surface area contributed by atoms with Gasteiger partial charge in [-0.3, -0.25) is 9.63 Å². The summed E-state index contributed by atoms with van der Waals surface area (Å²) < 4.78 is 51.4. The SMILES string of the molecule is C#CCO/N=C(/C)c1c(O)c2ccc(OC3O[C@@](C)(CC)[C@H](C)[C@@H](OC(=O)NOCC#C)[C@H]3O)c(C)c2oc1=O.CC[C@]1(C)OC(Oc2ccc3c(O)c(C(C)=O)c(=O)oc3c2C)[C@@H]2OC(=O)O[C@@H]2[C@H]1C. The van der Waals surface area contributed by atoms with Crippen molar-refractivity contribution in [2.24, 2.45) is 17.0 Å². The van der Waals surface area contributed by atoms with Crippen LogP contribution in [0.1, 0.15) is 95.3 Å². The molecule has 71 heavy (non-hydrogen) atoms. The summed E-state index contributed by atoms with van der Waals surface area (Å²) in [4.78, 5) is 70.4. The molecule has 2 unspecified atom stereocenters. The van der Waals surface area contributed by atoms with Gasteiger partial charge in [0.1, 0.15) is 58.0 Å². The van der Waals surface area contributed by atoms with Crippen LogP contribution in [0.3, 0.4) is 0 Å². The summed E-state index contributed by atoms with van der Waals surface area (Å²) in [6, 6.07) is 6.06. The van der Waals surface area contributed by atoms with Gasteiger partial charge >= 0.3 is 23.5 Å². The molecule has 380 valence electrons. The van der Waals surface area contributed by atoms with Crippen LogP contribution >= 0.6 is 0 Å². The Morgan fingerprint density at radius 3 is 1.83 bits per heavy atom. The van der Waals surface area contributed by atoms with Crippen LogP contribution in [0.4, 0.5) is 9.59 Å². The number of carbonyl (C=O) groups excluding carboxylic acids is 3. The molecule has 0 bridgehead atoms. The topological polar surface area (TPSA) is 280 Å². The van der Waals surface area contributed by atoms with Crippen LogP contribution in [0.15, 0.2) is 47.8 Å². The van der Waals surface area contributed by atoms with Crippen molar-refractivity contribution in [2.75, 3.05) is 13.2 Å². The molecule has 2 aromatic carbocycles. The highest BCUT2D eigenvalue weighted by molar-refractivity contribution is 6.05. The summed E-state index contributed by atoms with van der Waals surface area (Å²) in [5, 5.41) is 36.5. The Hall–Kier alpha value is -7.30. The molecular formula is C50H56N2O19. The minimum Gasteiger partial charge on any atom is -0.506 e. The number of rotatable bonds is 13. The number of Topliss-reactive ketones (excluding diaryl/α,β-unsaturated/α-hetero) is 1. The molecule has 3 aliphatic heterocycles. The van der Waals surface area contributed by atoms with E-state index >= 15 is 0 Å². The van der Waals surface area contributed by atoms with E-state index in [0.717, 1.165) is 0 Å². The third kappa shape index (κ3) is 10.4. The molecule has 5 heterocycles. The van der Waals surface area contributed by atoms with Gasteiger partial charge in [-0.05, 0) is 78.6 Å². The minimum atomic E-state index is -1.41. The number of fused-ring (bicyclic) bond motifs is 3. The van der Waals surface area contributed by atoms with Crippen molar-refractivity contribution in [1.29, 1.82) is 0 Å². The van der Waals surface area contributed by atoms with Crippen molar-refractivity contribution < 1.29 is 81.4 Å². The third-order valence-corrected chi connectivity index (χ3v) is 13.4.